The van der Waals surface area contributed by atoms with Gasteiger partial charge in [-0.05, 0) is 18.1 Å². The molecule has 0 unspecified atom stereocenters. The van der Waals surface area contributed by atoms with E-state index in [4.69, 9.17) is 0 Å². The maximum atomic E-state index is 13.2. The fourth-order valence-electron chi connectivity index (χ4n) is 1.94. The smallest absolute Gasteiger partial charge is 0.316 e. The molecule has 0 bridgehead atoms. The lowest BCUT2D eigenvalue weighted by molar-refractivity contribution is -0.143. The Morgan fingerprint density at radius 2 is 2.09 bits per heavy atom. The molecule has 0 N–H and O–H groups in total. The van der Waals surface area contributed by atoms with Crippen LogP contribution in [0.2, 0.25) is 0 Å². The summed E-state index contributed by atoms with van der Waals surface area (Å²) in [6, 6.07) is 3.08. The van der Waals surface area contributed by atoms with Crippen molar-refractivity contribution in [2.24, 2.45) is 12.0 Å². The Hall–Kier alpha value is -1.96. The van der Waals surface area contributed by atoms with Crippen molar-refractivity contribution in [2.45, 2.75) is 25.9 Å². The van der Waals surface area contributed by atoms with E-state index in [1.165, 1.54) is 25.5 Å². The second kappa shape index (κ2) is 6.04. The van der Waals surface area contributed by atoms with Gasteiger partial charge in [-0.15, -0.1) is 11.3 Å². The normalized spacial score (nSPS) is 13.0. The minimum absolute atomic E-state index is 0.0184. The molecule has 0 aliphatic heterocycles. The number of thiazole rings is 1. The number of hydrogen-bond acceptors (Lipinski definition) is 3. The third-order valence-electron chi connectivity index (χ3n) is 2.96. The number of halogens is 3. The molecule has 8 heteroatoms. The number of carbonyl (C=O) groups excluding carboxylic acids is 1. The highest BCUT2D eigenvalue weighted by Crippen LogP contribution is 2.36. The Kier molecular flexibility index (Phi) is 4.50. The standard InChI is InChI=1S/C14H14F3N3OS/c1-8(2)10-11(14(15,16)17)20(3)13(22-10)19-12(21)9-5-4-6-18-7-9/h4-8H,1-3H3/b19-13-. The Morgan fingerprint density at radius 3 is 2.55 bits per heavy atom. The summed E-state index contributed by atoms with van der Waals surface area (Å²) >= 11 is 0.879. The highest BCUT2D eigenvalue weighted by atomic mass is 32.1. The maximum Gasteiger partial charge on any atom is 0.432 e. The molecule has 2 aromatic heterocycles. The predicted molar refractivity (Wildman–Crippen MR) is 76.5 cm³/mol. The molecule has 22 heavy (non-hydrogen) atoms. The van der Waals surface area contributed by atoms with Crippen molar-refractivity contribution in [1.29, 1.82) is 0 Å². The minimum atomic E-state index is -4.49. The molecule has 0 atom stereocenters. The SMILES string of the molecule is CC(C)c1s/c(=N\C(=O)c2cccnc2)n(C)c1C(F)(F)F. The lowest BCUT2D eigenvalue weighted by atomic mass is 10.1. The van der Waals surface area contributed by atoms with Crippen molar-refractivity contribution in [1.82, 2.24) is 9.55 Å². The summed E-state index contributed by atoms with van der Waals surface area (Å²) in [4.78, 5) is 19.8. The quantitative estimate of drug-likeness (QED) is 0.848. The van der Waals surface area contributed by atoms with E-state index in [2.05, 4.69) is 9.98 Å². The zero-order valence-corrected chi connectivity index (χ0v) is 13.0. The van der Waals surface area contributed by atoms with Gasteiger partial charge in [0.2, 0.25) is 0 Å². The molecular formula is C14H14F3N3OS. The van der Waals surface area contributed by atoms with E-state index < -0.39 is 17.8 Å². The van der Waals surface area contributed by atoms with Crippen LogP contribution < -0.4 is 4.80 Å². The van der Waals surface area contributed by atoms with E-state index in [1.807, 2.05) is 0 Å². The summed E-state index contributed by atoms with van der Waals surface area (Å²) in [5, 5.41) is 0. The second-order valence-corrected chi connectivity index (χ2v) is 5.98. The summed E-state index contributed by atoms with van der Waals surface area (Å²) in [5.74, 6) is -0.931. The van der Waals surface area contributed by atoms with Gasteiger partial charge in [0, 0.05) is 24.3 Å². The molecule has 0 aromatic carbocycles. The van der Waals surface area contributed by atoms with Crippen LogP contribution in [0.4, 0.5) is 13.2 Å². The summed E-state index contributed by atoms with van der Waals surface area (Å²) < 4.78 is 40.5. The van der Waals surface area contributed by atoms with E-state index in [0.29, 0.717) is 0 Å². The molecule has 0 saturated heterocycles. The van der Waals surface area contributed by atoms with E-state index in [1.54, 1.807) is 19.9 Å². The van der Waals surface area contributed by atoms with Crippen molar-refractivity contribution in [3.8, 4) is 0 Å². The van der Waals surface area contributed by atoms with Gasteiger partial charge in [-0.3, -0.25) is 9.78 Å². The number of rotatable bonds is 2. The van der Waals surface area contributed by atoms with E-state index in [0.717, 1.165) is 15.9 Å². The van der Waals surface area contributed by atoms with Gasteiger partial charge in [0.25, 0.3) is 5.91 Å². The largest absolute Gasteiger partial charge is 0.432 e. The van der Waals surface area contributed by atoms with Gasteiger partial charge in [-0.1, -0.05) is 13.8 Å². The van der Waals surface area contributed by atoms with Gasteiger partial charge in [-0.2, -0.15) is 18.2 Å². The van der Waals surface area contributed by atoms with Crippen LogP contribution in [-0.2, 0) is 13.2 Å². The monoisotopic (exact) mass is 329 g/mol. The summed E-state index contributed by atoms with van der Waals surface area (Å²) in [6.45, 7) is 3.35. The first-order valence-corrected chi connectivity index (χ1v) is 7.29. The molecule has 2 rings (SSSR count). The highest BCUT2D eigenvalue weighted by Gasteiger charge is 2.38. The predicted octanol–water partition coefficient (Wildman–Crippen LogP) is 3.36. The van der Waals surface area contributed by atoms with Crippen LogP contribution in [0.5, 0.6) is 0 Å². The molecular weight excluding hydrogens is 315 g/mol. The highest BCUT2D eigenvalue weighted by molar-refractivity contribution is 7.09. The zero-order valence-electron chi connectivity index (χ0n) is 12.2. The summed E-state index contributed by atoms with van der Waals surface area (Å²) in [7, 11) is 1.26. The van der Waals surface area contributed by atoms with Crippen LogP contribution in [0.1, 0.15) is 40.7 Å². The number of nitrogens with zero attached hydrogens (tertiary/aromatic N) is 3. The Morgan fingerprint density at radius 1 is 1.41 bits per heavy atom. The van der Waals surface area contributed by atoms with Crippen LogP contribution in [0.3, 0.4) is 0 Å². The Labute approximate surface area is 129 Å². The third kappa shape index (κ3) is 3.27. The van der Waals surface area contributed by atoms with E-state index in [9.17, 15) is 18.0 Å². The average molecular weight is 329 g/mol. The van der Waals surface area contributed by atoms with E-state index >= 15 is 0 Å². The lowest BCUT2D eigenvalue weighted by Gasteiger charge is -2.11. The first-order chi connectivity index (χ1) is 10.2. The summed E-state index contributed by atoms with van der Waals surface area (Å²) in [5.41, 5.74) is -0.527. The van der Waals surface area contributed by atoms with Gasteiger partial charge in [-0.25, -0.2) is 0 Å². The molecule has 0 spiro atoms. The van der Waals surface area contributed by atoms with E-state index in [-0.39, 0.29) is 21.2 Å². The molecule has 0 aliphatic carbocycles. The zero-order chi connectivity index (χ0) is 16.5. The molecule has 4 nitrogen and oxygen atoms in total. The topological polar surface area (TPSA) is 47.2 Å². The Balaban J connectivity index is 2.58. The first kappa shape index (κ1) is 16.4. The molecule has 1 amide bonds. The fraction of sp³-hybridized carbons (Fsp3) is 0.357. The van der Waals surface area contributed by atoms with Gasteiger partial charge < -0.3 is 4.57 Å². The van der Waals surface area contributed by atoms with Gasteiger partial charge >= 0.3 is 6.18 Å². The van der Waals surface area contributed by atoms with Gasteiger partial charge in [0.15, 0.2) is 4.80 Å². The molecule has 0 radical (unpaired) electrons. The number of hydrogen-bond donors (Lipinski definition) is 0. The van der Waals surface area contributed by atoms with Crippen LogP contribution in [0.15, 0.2) is 29.5 Å². The number of amides is 1. The van der Waals surface area contributed by atoms with Gasteiger partial charge in [0.1, 0.15) is 5.69 Å². The molecule has 2 aromatic rings. The maximum absolute atomic E-state index is 13.2. The number of aromatic nitrogens is 2. The van der Waals surface area contributed by atoms with Gasteiger partial charge in [0.05, 0.1) is 5.56 Å². The number of pyridine rings is 1. The second-order valence-electron chi connectivity index (χ2n) is 4.97. The Bertz CT molecular complexity index is 745. The van der Waals surface area contributed by atoms with Crippen LogP contribution in [0, 0.1) is 0 Å². The third-order valence-corrected chi connectivity index (χ3v) is 4.39. The van der Waals surface area contributed by atoms with Crippen LogP contribution >= 0.6 is 11.3 Å². The fourth-order valence-corrected chi connectivity index (χ4v) is 3.07. The summed E-state index contributed by atoms with van der Waals surface area (Å²) in [6.07, 6.45) is -1.66. The van der Waals surface area contributed by atoms with Crippen LogP contribution in [-0.4, -0.2) is 15.5 Å². The van der Waals surface area contributed by atoms with Crippen molar-refractivity contribution < 1.29 is 18.0 Å². The molecule has 2 heterocycles. The molecule has 118 valence electrons. The molecule has 0 saturated carbocycles. The average Bonchev–Trinajstić information content (AvgIpc) is 2.77. The molecule has 0 aliphatic rings. The minimum Gasteiger partial charge on any atom is -0.316 e. The first-order valence-electron chi connectivity index (χ1n) is 6.47. The van der Waals surface area contributed by atoms with Crippen molar-refractivity contribution >= 4 is 17.2 Å². The van der Waals surface area contributed by atoms with Crippen molar-refractivity contribution in [3.63, 3.8) is 0 Å². The van der Waals surface area contributed by atoms with Crippen LogP contribution in [0.25, 0.3) is 0 Å². The number of alkyl halides is 3. The number of carbonyl (C=O) groups is 1. The lowest BCUT2D eigenvalue weighted by Crippen LogP contribution is -2.21. The molecule has 0 fully saturated rings. The van der Waals surface area contributed by atoms with Crippen molar-refractivity contribution in [2.75, 3.05) is 0 Å². The van der Waals surface area contributed by atoms with Crippen molar-refractivity contribution in [3.05, 3.63) is 45.5 Å².